The number of rotatable bonds is 6. The van der Waals surface area contributed by atoms with Crippen LogP contribution < -0.4 is 14.8 Å². The molecule has 4 aromatic rings. The number of aromatic nitrogens is 1. The molecule has 0 aliphatic rings. The molecule has 6 heteroatoms. The maximum Gasteiger partial charge on any atom is 0.252 e. The second-order valence-corrected chi connectivity index (χ2v) is 6.95. The lowest BCUT2D eigenvalue weighted by Gasteiger charge is -2.12. The zero-order chi connectivity index (χ0) is 21.8. The predicted molar refractivity (Wildman–Crippen MR) is 118 cm³/mol. The van der Waals surface area contributed by atoms with Gasteiger partial charge in [0.2, 0.25) is 0 Å². The molecule has 0 bridgehead atoms. The van der Waals surface area contributed by atoms with Crippen molar-refractivity contribution in [3.8, 4) is 22.8 Å². The van der Waals surface area contributed by atoms with E-state index in [1.54, 1.807) is 38.5 Å². The molecular formula is C25H21FN2O3. The van der Waals surface area contributed by atoms with Crippen LogP contribution in [-0.4, -0.2) is 25.1 Å². The molecular weight excluding hydrogens is 395 g/mol. The van der Waals surface area contributed by atoms with Crippen molar-refractivity contribution in [2.75, 3.05) is 14.2 Å². The molecule has 0 spiro atoms. The first-order valence-electron chi connectivity index (χ1n) is 9.74. The summed E-state index contributed by atoms with van der Waals surface area (Å²) in [5.41, 5.74) is 3.48. The van der Waals surface area contributed by atoms with Gasteiger partial charge in [-0.1, -0.05) is 30.3 Å². The summed E-state index contributed by atoms with van der Waals surface area (Å²) in [4.78, 5) is 17.8. The van der Waals surface area contributed by atoms with E-state index in [-0.39, 0.29) is 11.7 Å². The van der Waals surface area contributed by atoms with Gasteiger partial charge in [0.25, 0.3) is 5.91 Å². The quantitative estimate of drug-likeness (QED) is 0.481. The van der Waals surface area contributed by atoms with Crippen molar-refractivity contribution in [2.24, 2.45) is 0 Å². The lowest BCUT2D eigenvalue weighted by Crippen LogP contribution is -2.23. The van der Waals surface area contributed by atoms with Crippen LogP contribution in [0.4, 0.5) is 4.39 Å². The van der Waals surface area contributed by atoms with Gasteiger partial charge in [-0.3, -0.25) is 4.79 Å². The van der Waals surface area contributed by atoms with Crippen LogP contribution in [0.1, 0.15) is 15.9 Å². The Morgan fingerprint density at radius 2 is 1.68 bits per heavy atom. The molecule has 5 nitrogen and oxygen atoms in total. The molecule has 0 fully saturated rings. The van der Waals surface area contributed by atoms with Crippen LogP contribution >= 0.6 is 0 Å². The van der Waals surface area contributed by atoms with Gasteiger partial charge in [-0.05, 0) is 48.0 Å². The van der Waals surface area contributed by atoms with Crippen LogP contribution in [0.2, 0.25) is 0 Å². The zero-order valence-electron chi connectivity index (χ0n) is 17.2. The highest BCUT2D eigenvalue weighted by atomic mass is 19.1. The largest absolute Gasteiger partial charge is 0.493 e. The summed E-state index contributed by atoms with van der Waals surface area (Å²) in [5, 5.41) is 3.67. The first-order valence-corrected chi connectivity index (χ1v) is 9.74. The third kappa shape index (κ3) is 4.33. The maximum absolute atomic E-state index is 13.1. The number of carbonyl (C=O) groups is 1. The number of fused-ring (bicyclic) bond motifs is 1. The molecule has 0 saturated carbocycles. The Morgan fingerprint density at radius 3 is 2.42 bits per heavy atom. The number of pyridine rings is 1. The number of carbonyl (C=O) groups excluding carboxylic acids is 1. The van der Waals surface area contributed by atoms with Gasteiger partial charge in [0, 0.05) is 17.5 Å². The van der Waals surface area contributed by atoms with Gasteiger partial charge in [0.1, 0.15) is 5.82 Å². The van der Waals surface area contributed by atoms with Crippen molar-refractivity contribution in [3.05, 3.63) is 89.7 Å². The standard InChI is InChI=1S/C25H21FN2O3/c1-30-23-12-9-17(13-24(23)31-2)22-14-20(19-5-3-4-6-21(19)28-22)25(29)27-15-16-7-10-18(26)11-8-16/h3-14H,15H2,1-2H3,(H,27,29). The summed E-state index contributed by atoms with van der Waals surface area (Å²) in [5.74, 6) is 0.654. The second kappa shape index (κ2) is 8.83. The molecule has 1 amide bonds. The lowest BCUT2D eigenvalue weighted by molar-refractivity contribution is 0.0952. The zero-order valence-corrected chi connectivity index (χ0v) is 17.2. The molecule has 1 heterocycles. The summed E-state index contributed by atoms with van der Waals surface area (Å²) >= 11 is 0. The van der Waals surface area contributed by atoms with Gasteiger partial charge in [-0.15, -0.1) is 0 Å². The summed E-state index contributed by atoms with van der Waals surface area (Å²) in [6, 6.07) is 20.8. The normalized spacial score (nSPS) is 10.7. The number of halogens is 1. The highest BCUT2D eigenvalue weighted by molar-refractivity contribution is 6.07. The molecule has 156 valence electrons. The van der Waals surface area contributed by atoms with Crippen molar-refractivity contribution in [2.45, 2.75) is 6.54 Å². The van der Waals surface area contributed by atoms with Gasteiger partial charge >= 0.3 is 0 Å². The van der Waals surface area contributed by atoms with E-state index in [2.05, 4.69) is 5.32 Å². The van der Waals surface area contributed by atoms with Crippen molar-refractivity contribution in [1.82, 2.24) is 10.3 Å². The molecule has 0 aliphatic carbocycles. The van der Waals surface area contributed by atoms with E-state index in [1.165, 1.54) is 12.1 Å². The van der Waals surface area contributed by atoms with Crippen LogP contribution in [0, 0.1) is 5.82 Å². The predicted octanol–water partition coefficient (Wildman–Crippen LogP) is 4.99. The van der Waals surface area contributed by atoms with Gasteiger partial charge in [0.05, 0.1) is 31.0 Å². The number of benzene rings is 3. The van der Waals surface area contributed by atoms with E-state index in [1.807, 2.05) is 36.4 Å². The molecule has 4 rings (SSSR count). The van der Waals surface area contributed by atoms with E-state index < -0.39 is 0 Å². The average Bonchev–Trinajstić information content (AvgIpc) is 2.82. The SMILES string of the molecule is COc1ccc(-c2cc(C(=O)NCc3ccc(F)cc3)c3ccccc3n2)cc1OC. The van der Waals surface area contributed by atoms with Crippen LogP contribution in [0.3, 0.4) is 0 Å². The Kier molecular flexibility index (Phi) is 5.80. The van der Waals surface area contributed by atoms with E-state index in [0.717, 1.165) is 16.5 Å². The maximum atomic E-state index is 13.1. The first-order chi connectivity index (χ1) is 15.1. The Labute approximate surface area is 179 Å². The minimum atomic E-state index is -0.310. The topological polar surface area (TPSA) is 60.5 Å². The monoisotopic (exact) mass is 416 g/mol. The summed E-state index contributed by atoms with van der Waals surface area (Å²) in [7, 11) is 3.15. The fourth-order valence-electron chi connectivity index (χ4n) is 3.39. The van der Waals surface area contributed by atoms with Crippen molar-refractivity contribution >= 4 is 16.8 Å². The number of nitrogens with zero attached hydrogens (tertiary/aromatic N) is 1. The highest BCUT2D eigenvalue weighted by Gasteiger charge is 2.15. The Morgan fingerprint density at radius 1 is 0.935 bits per heavy atom. The van der Waals surface area contributed by atoms with E-state index in [9.17, 15) is 9.18 Å². The van der Waals surface area contributed by atoms with Gasteiger partial charge in [-0.2, -0.15) is 0 Å². The van der Waals surface area contributed by atoms with E-state index >= 15 is 0 Å². The number of hydrogen-bond donors (Lipinski definition) is 1. The minimum Gasteiger partial charge on any atom is -0.493 e. The molecule has 0 atom stereocenters. The molecule has 0 aliphatic heterocycles. The molecule has 0 radical (unpaired) electrons. The number of amides is 1. The van der Waals surface area contributed by atoms with Gasteiger partial charge in [-0.25, -0.2) is 9.37 Å². The number of hydrogen-bond acceptors (Lipinski definition) is 4. The summed E-state index contributed by atoms with van der Waals surface area (Å²) < 4.78 is 23.8. The van der Waals surface area contributed by atoms with Crippen LogP contribution in [0.25, 0.3) is 22.2 Å². The molecule has 0 unspecified atom stereocenters. The minimum absolute atomic E-state index is 0.232. The molecule has 3 aromatic carbocycles. The van der Waals surface area contributed by atoms with Crippen molar-refractivity contribution < 1.29 is 18.7 Å². The Hall–Kier alpha value is -3.93. The Balaban J connectivity index is 1.71. The molecule has 31 heavy (non-hydrogen) atoms. The number of para-hydroxylation sites is 1. The first kappa shape index (κ1) is 20.3. The molecule has 1 N–H and O–H groups in total. The molecule has 0 saturated heterocycles. The van der Waals surface area contributed by atoms with Crippen molar-refractivity contribution in [1.29, 1.82) is 0 Å². The van der Waals surface area contributed by atoms with E-state index in [4.69, 9.17) is 14.5 Å². The third-order valence-electron chi connectivity index (χ3n) is 5.01. The highest BCUT2D eigenvalue weighted by Crippen LogP contribution is 2.33. The second-order valence-electron chi connectivity index (χ2n) is 6.95. The van der Waals surface area contributed by atoms with Gasteiger partial charge in [0.15, 0.2) is 11.5 Å². The van der Waals surface area contributed by atoms with E-state index in [0.29, 0.717) is 34.8 Å². The van der Waals surface area contributed by atoms with Gasteiger partial charge < -0.3 is 14.8 Å². The third-order valence-corrected chi connectivity index (χ3v) is 5.01. The van der Waals surface area contributed by atoms with Crippen LogP contribution in [0.5, 0.6) is 11.5 Å². The Bertz CT molecular complexity index is 1240. The smallest absolute Gasteiger partial charge is 0.252 e. The van der Waals surface area contributed by atoms with Crippen LogP contribution in [-0.2, 0) is 6.54 Å². The number of methoxy groups -OCH3 is 2. The lowest BCUT2D eigenvalue weighted by atomic mass is 10.0. The number of nitrogens with one attached hydrogen (secondary N) is 1. The summed E-state index contributed by atoms with van der Waals surface area (Å²) in [6.45, 7) is 0.293. The fourth-order valence-corrected chi connectivity index (χ4v) is 3.39. The fraction of sp³-hybridized carbons (Fsp3) is 0.120. The number of ether oxygens (including phenoxy) is 2. The van der Waals surface area contributed by atoms with Crippen molar-refractivity contribution in [3.63, 3.8) is 0 Å². The summed E-state index contributed by atoms with van der Waals surface area (Å²) in [6.07, 6.45) is 0. The molecule has 1 aromatic heterocycles. The van der Waals surface area contributed by atoms with Crippen LogP contribution in [0.15, 0.2) is 72.8 Å². The average molecular weight is 416 g/mol.